The van der Waals surface area contributed by atoms with Crippen molar-refractivity contribution in [2.45, 2.75) is 39.2 Å². The van der Waals surface area contributed by atoms with Crippen molar-refractivity contribution in [3.8, 4) is 0 Å². The topological polar surface area (TPSA) is 54.5 Å². The van der Waals surface area contributed by atoms with Crippen LogP contribution in [0.15, 0.2) is 18.3 Å². The Labute approximate surface area is 133 Å². The molecule has 0 aliphatic carbocycles. The fourth-order valence-corrected chi connectivity index (χ4v) is 2.61. The number of morpholine rings is 1. The summed E-state index contributed by atoms with van der Waals surface area (Å²) < 4.78 is 5.36. The van der Waals surface area contributed by atoms with E-state index in [1.165, 1.54) is 0 Å². The first-order chi connectivity index (χ1) is 10.4. The zero-order valence-corrected chi connectivity index (χ0v) is 14.1. The first-order valence-electron chi connectivity index (χ1n) is 7.96. The number of amides is 1. The van der Waals surface area contributed by atoms with Crippen LogP contribution in [-0.2, 0) is 4.74 Å². The fourth-order valence-electron chi connectivity index (χ4n) is 2.61. The summed E-state index contributed by atoms with van der Waals surface area (Å²) >= 11 is 0. The lowest BCUT2D eigenvalue weighted by Gasteiger charge is -2.35. The molecular weight excluding hydrogens is 278 g/mol. The number of ether oxygens (including phenoxy) is 1. The summed E-state index contributed by atoms with van der Waals surface area (Å²) in [5.74, 6) is 0.302. The van der Waals surface area contributed by atoms with E-state index >= 15 is 0 Å². The van der Waals surface area contributed by atoms with Crippen molar-refractivity contribution in [2.75, 3.05) is 32.8 Å². The van der Waals surface area contributed by atoms with E-state index in [4.69, 9.17) is 4.74 Å². The summed E-state index contributed by atoms with van der Waals surface area (Å²) in [6.07, 6.45) is 1.79. The number of pyridine rings is 1. The molecule has 5 nitrogen and oxygen atoms in total. The van der Waals surface area contributed by atoms with E-state index in [0.717, 1.165) is 38.4 Å². The van der Waals surface area contributed by atoms with Crippen LogP contribution in [0.2, 0.25) is 0 Å². The Morgan fingerprint density at radius 3 is 2.59 bits per heavy atom. The standard InChI is InChI=1S/C17H27N3O2/c1-13(2)14-5-6-15(18-11-14)16(21)19-17(3,4)12-20-7-9-22-10-8-20/h5-6,11,13H,7-10,12H2,1-4H3,(H,19,21). The monoisotopic (exact) mass is 305 g/mol. The Bertz CT molecular complexity index is 491. The quantitative estimate of drug-likeness (QED) is 0.904. The van der Waals surface area contributed by atoms with Crippen LogP contribution >= 0.6 is 0 Å². The Hall–Kier alpha value is -1.46. The van der Waals surface area contributed by atoms with Gasteiger partial charge in [0.05, 0.1) is 13.2 Å². The van der Waals surface area contributed by atoms with Gasteiger partial charge < -0.3 is 10.1 Å². The maximum absolute atomic E-state index is 12.4. The molecule has 1 aliphatic rings. The lowest BCUT2D eigenvalue weighted by molar-refractivity contribution is 0.0268. The molecule has 0 aromatic carbocycles. The molecule has 2 heterocycles. The second kappa shape index (κ2) is 7.20. The zero-order valence-electron chi connectivity index (χ0n) is 14.1. The van der Waals surface area contributed by atoms with Gasteiger partial charge >= 0.3 is 0 Å². The third-order valence-electron chi connectivity index (χ3n) is 3.86. The predicted octanol–water partition coefficient (Wildman–Crippen LogP) is 2.05. The number of carbonyl (C=O) groups excluding carboxylic acids is 1. The molecule has 0 spiro atoms. The molecule has 22 heavy (non-hydrogen) atoms. The third kappa shape index (κ3) is 4.78. The van der Waals surface area contributed by atoms with Gasteiger partial charge in [0, 0.05) is 31.4 Å². The summed E-state index contributed by atoms with van der Waals surface area (Å²) in [6.45, 7) is 12.5. The molecular formula is C17H27N3O2. The number of aromatic nitrogens is 1. The maximum Gasteiger partial charge on any atom is 0.270 e. The predicted molar refractivity (Wildman–Crippen MR) is 87.1 cm³/mol. The van der Waals surface area contributed by atoms with Crippen LogP contribution in [0.4, 0.5) is 0 Å². The minimum absolute atomic E-state index is 0.117. The van der Waals surface area contributed by atoms with Gasteiger partial charge in [-0.15, -0.1) is 0 Å². The molecule has 0 unspecified atom stereocenters. The summed E-state index contributed by atoms with van der Waals surface area (Å²) in [7, 11) is 0. The maximum atomic E-state index is 12.4. The van der Waals surface area contributed by atoms with Crippen LogP contribution in [-0.4, -0.2) is 54.2 Å². The van der Waals surface area contributed by atoms with E-state index in [2.05, 4.69) is 29.0 Å². The van der Waals surface area contributed by atoms with E-state index in [0.29, 0.717) is 11.6 Å². The van der Waals surface area contributed by atoms with Gasteiger partial charge in [-0.1, -0.05) is 19.9 Å². The second-order valence-electron chi connectivity index (χ2n) is 6.86. The Morgan fingerprint density at radius 2 is 2.05 bits per heavy atom. The lowest BCUT2D eigenvalue weighted by atomic mass is 10.0. The minimum atomic E-state index is -0.299. The molecule has 2 rings (SSSR count). The van der Waals surface area contributed by atoms with Gasteiger partial charge in [-0.05, 0) is 31.4 Å². The first-order valence-corrected chi connectivity index (χ1v) is 7.96. The van der Waals surface area contributed by atoms with Gasteiger partial charge in [0.25, 0.3) is 5.91 Å². The summed E-state index contributed by atoms with van der Waals surface area (Å²) in [5.41, 5.74) is 1.32. The molecule has 1 aromatic heterocycles. The van der Waals surface area contributed by atoms with Crippen LogP contribution in [0, 0.1) is 0 Å². The number of carbonyl (C=O) groups is 1. The van der Waals surface area contributed by atoms with E-state index in [-0.39, 0.29) is 11.4 Å². The average Bonchev–Trinajstić information content (AvgIpc) is 2.47. The van der Waals surface area contributed by atoms with Crippen molar-refractivity contribution in [1.82, 2.24) is 15.2 Å². The first kappa shape index (κ1) is 16.9. The van der Waals surface area contributed by atoms with Gasteiger partial charge in [0.15, 0.2) is 0 Å². The van der Waals surface area contributed by atoms with Crippen molar-refractivity contribution in [3.63, 3.8) is 0 Å². The molecule has 1 amide bonds. The SMILES string of the molecule is CC(C)c1ccc(C(=O)NC(C)(C)CN2CCOCC2)nc1. The second-order valence-corrected chi connectivity index (χ2v) is 6.86. The molecule has 0 atom stereocenters. The van der Waals surface area contributed by atoms with E-state index < -0.39 is 0 Å². The Kier molecular flexibility index (Phi) is 5.53. The van der Waals surface area contributed by atoms with Gasteiger partial charge in [-0.3, -0.25) is 14.7 Å². The van der Waals surface area contributed by atoms with Crippen LogP contribution in [0.5, 0.6) is 0 Å². The molecule has 0 radical (unpaired) electrons. The summed E-state index contributed by atoms with van der Waals surface area (Å²) in [5, 5.41) is 3.08. The minimum Gasteiger partial charge on any atom is -0.379 e. The molecule has 0 saturated carbocycles. The van der Waals surface area contributed by atoms with Crippen molar-refractivity contribution in [1.29, 1.82) is 0 Å². The highest BCUT2D eigenvalue weighted by Gasteiger charge is 2.25. The Morgan fingerprint density at radius 1 is 1.36 bits per heavy atom. The molecule has 0 bridgehead atoms. The van der Waals surface area contributed by atoms with E-state index in [1.807, 2.05) is 19.9 Å². The number of nitrogens with zero attached hydrogens (tertiary/aromatic N) is 2. The average molecular weight is 305 g/mol. The van der Waals surface area contributed by atoms with E-state index in [1.54, 1.807) is 12.3 Å². The third-order valence-corrected chi connectivity index (χ3v) is 3.86. The smallest absolute Gasteiger partial charge is 0.270 e. The van der Waals surface area contributed by atoms with Crippen molar-refractivity contribution in [3.05, 3.63) is 29.6 Å². The molecule has 122 valence electrons. The molecule has 1 saturated heterocycles. The van der Waals surface area contributed by atoms with E-state index in [9.17, 15) is 4.79 Å². The molecule has 1 aromatic rings. The van der Waals surface area contributed by atoms with Crippen LogP contribution in [0.25, 0.3) is 0 Å². The van der Waals surface area contributed by atoms with Gasteiger partial charge in [0.1, 0.15) is 5.69 Å². The lowest BCUT2D eigenvalue weighted by Crippen LogP contribution is -2.53. The number of nitrogens with one attached hydrogen (secondary N) is 1. The molecule has 1 N–H and O–H groups in total. The number of rotatable bonds is 5. The number of hydrogen-bond acceptors (Lipinski definition) is 4. The normalized spacial score (nSPS) is 16.8. The highest BCUT2D eigenvalue weighted by molar-refractivity contribution is 5.92. The largest absolute Gasteiger partial charge is 0.379 e. The van der Waals surface area contributed by atoms with Crippen molar-refractivity contribution >= 4 is 5.91 Å². The molecule has 5 heteroatoms. The van der Waals surface area contributed by atoms with Crippen LogP contribution in [0.3, 0.4) is 0 Å². The van der Waals surface area contributed by atoms with Crippen LogP contribution in [0.1, 0.15) is 49.7 Å². The zero-order chi connectivity index (χ0) is 16.2. The van der Waals surface area contributed by atoms with Crippen molar-refractivity contribution < 1.29 is 9.53 Å². The summed E-state index contributed by atoms with van der Waals surface area (Å²) in [4.78, 5) is 19.0. The Balaban J connectivity index is 1.94. The van der Waals surface area contributed by atoms with Crippen LogP contribution < -0.4 is 5.32 Å². The molecule has 1 aliphatic heterocycles. The fraction of sp³-hybridized carbons (Fsp3) is 0.647. The van der Waals surface area contributed by atoms with Gasteiger partial charge in [-0.2, -0.15) is 0 Å². The van der Waals surface area contributed by atoms with Crippen molar-refractivity contribution in [2.24, 2.45) is 0 Å². The summed E-state index contributed by atoms with van der Waals surface area (Å²) in [6, 6.07) is 3.77. The van der Waals surface area contributed by atoms with Gasteiger partial charge in [0.2, 0.25) is 0 Å². The highest BCUT2D eigenvalue weighted by Crippen LogP contribution is 2.14. The highest BCUT2D eigenvalue weighted by atomic mass is 16.5. The van der Waals surface area contributed by atoms with Gasteiger partial charge in [-0.25, -0.2) is 0 Å². The number of hydrogen-bond donors (Lipinski definition) is 1. The molecule has 1 fully saturated rings.